The summed E-state index contributed by atoms with van der Waals surface area (Å²) in [7, 11) is 0. The van der Waals surface area contributed by atoms with E-state index in [2.05, 4.69) is 18.3 Å². The lowest BCUT2D eigenvalue weighted by atomic mass is 10.1. The summed E-state index contributed by atoms with van der Waals surface area (Å²) in [5.41, 5.74) is 1.80. The number of rotatable bonds is 2. The summed E-state index contributed by atoms with van der Waals surface area (Å²) in [5, 5.41) is 12.0. The fraction of sp³-hybridized carbons (Fsp3) is 0.700. The van der Waals surface area contributed by atoms with Crippen molar-refractivity contribution in [2.24, 2.45) is 0 Å². The standard InChI is InChI=1S/C10H18N2/c1-6-8(2)9(7-11)12-10(3,4)5/h12H,6H2,1-5H3/b9-8-. The van der Waals surface area contributed by atoms with Crippen molar-refractivity contribution in [1.82, 2.24) is 5.32 Å². The Morgan fingerprint density at radius 2 is 1.92 bits per heavy atom. The Morgan fingerprint density at radius 1 is 1.42 bits per heavy atom. The normalized spacial score (nSPS) is 13.3. The highest BCUT2D eigenvalue weighted by Gasteiger charge is 2.11. The van der Waals surface area contributed by atoms with E-state index in [1.165, 1.54) is 0 Å². The molecule has 0 unspecified atom stereocenters. The van der Waals surface area contributed by atoms with Gasteiger partial charge in [-0.3, -0.25) is 0 Å². The number of hydrogen-bond donors (Lipinski definition) is 1. The minimum absolute atomic E-state index is 0.0263. The lowest BCUT2D eigenvalue weighted by molar-refractivity contribution is 0.477. The quantitative estimate of drug-likeness (QED) is 0.640. The molecule has 12 heavy (non-hydrogen) atoms. The van der Waals surface area contributed by atoms with Crippen molar-refractivity contribution in [2.75, 3.05) is 0 Å². The zero-order valence-corrected chi connectivity index (χ0v) is 8.65. The Labute approximate surface area is 75.3 Å². The van der Waals surface area contributed by atoms with E-state index in [1.807, 2.05) is 27.7 Å². The zero-order valence-electron chi connectivity index (χ0n) is 8.65. The fourth-order valence-corrected chi connectivity index (χ4v) is 0.782. The van der Waals surface area contributed by atoms with Gasteiger partial charge < -0.3 is 5.32 Å². The first-order valence-corrected chi connectivity index (χ1v) is 4.28. The van der Waals surface area contributed by atoms with Crippen LogP contribution in [0.15, 0.2) is 11.3 Å². The van der Waals surface area contributed by atoms with Crippen LogP contribution in [0.3, 0.4) is 0 Å². The number of nitrogens with zero attached hydrogens (tertiary/aromatic N) is 1. The molecule has 0 saturated carbocycles. The molecule has 0 aliphatic heterocycles. The second-order valence-electron chi connectivity index (χ2n) is 4.00. The van der Waals surface area contributed by atoms with E-state index in [0.717, 1.165) is 12.0 Å². The third-order valence-electron chi connectivity index (χ3n) is 1.57. The molecule has 0 amide bonds. The maximum atomic E-state index is 8.82. The van der Waals surface area contributed by atoms with Crippen molar-refractivity contribution < 1.29 is 0 Å². The van der Waals surface area contributed by atoms with Crippen molar-refractivity contribution in [3.05, 3.63) is 11.3 Å². The van der Waals surface area contributed by atoms with Gasteiger partial charge in [0, 0.05) is 5.54 Å². The summed E-state index contributed by atoms with van der Waals surface area (Å²) in [5.74, 6) is 0. The average Bonchev–Trinajstić information content (AvgIpc) is 1.97. The highest BCUT2D eigenvalue weighted by molar-refractivity contribution is 5.25. The lowest BCUT2D eigenvalue weighted by Crippen LogP contribution is -2.35. The first kappa shape index (κ1) is 11.0. The molecule has 0 aromatic heterocycles. The number of allylic oxidation sites excluding steroid dienone is 2. The Kier molecular flexibility index (Phi) is 3.82. The second kappa shape index (κ2) is 4.15. The maximum absolute atomic E-state index is 8.82. The van der Waals surface area contributed by atoms with Gasteiger partial charge in [0.2, 0.25) is 0 Å². The Hall–Kier alpha value is -0.970. The van der Waals surface area contributed by atoms with Crippen LogP contribution >= 0.6 is 0 Å². The molecule has 0 atom stereocenters. The molecule has 0 radical (unpaired) electrons. The summed E-state index contributed by atoms with van der Waals surface area (Å²) in [4.78, 5) is 0. The van der Waals surface area contributed by atoms with Gasteiger partial charge in [0.15, 0.2) is 0 Å². The summed E-state index contributed by atoms with van der Waals surface area (Å²) in [6.07, 6.45) is 0.923. The Balaban J connectivity index is 4.52. The molecule has 0 aliphatic carbocycles. The SMILES string of the molecule is CC/C(C)=C(/C#N)NC(C)(C)C. The highest BCUT2D eigenvalue weighted by Crippen LogP contribution is 2.09. The molecule has 68 valence electrons. The van der Waals surface area contributed by atoms with Crippen LogP contribution in [0, 0.1) is 11.3 Å². The number of nitriles is 1. The number of nitrogens with one attached hydrogen (secondary N) is 1. The zero-order chi connectivity index (χ0) is 9.78. The minimum atomic E-state index is -0.0263. The number of hydrogen-bond acceptors (Lipinski definition) is 2. The topological polar surface area (TPSA) is 35.8 Å². The summed E-state index contributed by atoms with van der Waals surface area (Å²) < 4.78 is 0. The van der Waals surface area contributed by atoms with Crippen LogP contribution in [-0.2, 0) is 0 Å². The molecule has 2 nitrogen and oxygen atoms in total. The van der Waals surface area contributed by atoms with Crippen molar-refractivity contribution >= 4 is 0 Å². The first-order valence-electron chi connectivity index (χ1n) is 4.28. The highest BCUT2D eigenvalue weighted by atomic mass is 15.0. The summed E-state index contributed by atoms with van der Waals surface area (Å²) >= 11 is 0. The van der Waals surface area contributed by atoms with Crippen LogP contribution in [0.1, 0.15) is 41.0 Å². The van der Waals surface area contributed by atoms with Crippen molar-refractivity contribution in [3.8, 4) is 6.07 Å². The molecule has 0 aromatic rings. The lowest BCUT2D eigenvalue weighted by Gasteiger charge is -2.22. The minimum Gasteiger partial charge on any atom is -0.372 e. The third kappa shape index (κ3) is 4.02. The molecular formula is C10H18N2. The Morgan fingerprint density at radius 3 is 2.17 bits per heavy atom. The summed E-state index contributed by atoms with van der Waals surface area (Å²) in [6.45, 7) is 10.2. The molecule has 0 bridgehead atoms. The van der Waals surface area contributed by atoms with E-state index in [1.54, 1.807) is 0 Å². The van der Waals surface area contributed by atoms with Crippen molar-refractivity contribution in [2.45, 2.75) is 46.6 Å². The van der Waals surface area contributed by atoms with E-state index < -0.39 is 0 Å². The van der Waals surface area contributed by atoms with Gasteiger partial charge in [0.1, 0.15) is 11.8 Å². The summed E-state index contributed by atoms with van der Waals surface area (Å²) in [6, 6.07) is 2.18. The predicted molar refractivity (Wildman–Crippen MR) is 51.5 cm³/mol. The fourth-order valence-electron chi connectivity index (χ4n) is 0.782. The van der Waals surface area contributed by atoms with Crippen LogP contribution < -0.4 is 5.32 Å². The third-order valence-corrected chi connectivity index (χ3v) is 1.57. The smallest absolute Gasteiger partial charge is 0.117 e. The van der Waals surface area contributed by atoms with E-state index in [9.17, 15) is 0 Å². The molecule has 0 heterocycles. The molecule has 0 saturated heterocycles. The van der Waals surface area contributed by atoms with E-state index in [0.29, 0.717) is 5.70 Å². The molecule has 0 rings (SSSR count). The van der Waals surface area contributed by atoms with Crippen LogP contribution in [-0.4, -0.2) is 5.54 Å². The van der Waals surface area contributed by atoms with Gasteiger partial charge in [-0.1, -0.05) is 6.92 Å². The van der Waals surface area contributed by atoms with Crippen molar-refractivity contribution in [1.29, 1.82) is 5.26 Å². The van der Waals surface area contributed by atoms with Crippen LogP contribution in [0.4, 0.5) is 0 Å². The molecule has 0 aromatic carbocycles. The molecule has 0 aliphatic rings. The van der Waals surface area contributed by atoms with E-state index >= 15 is 0 Å². The van der Waals surface area contributed by atoms with Gasteiger partial charge in [-0.05, 0) is 39.7 Å². The van der Waals surface area contributed by atoms with Gasteiger partial charge in [-0.15, -0.1) is 0 Å². The largest absolute Gasteiger partial charge is 0.372 e. The average molecular weight is 166 g/mol. The predicted octanol–water partition coefficient (Wildman–Crippen LogP) is 2.58. The van der Waals surface area contributed by atoms with Gasteiger partial charge in [-0.2, -0.15) is 5.26 Å². The molecule has 0 fully saturated rings. The van der Waals surface area contributed by atoms with Crippen LogP contribution in [0.2, 0.25) is 0 Å². The van der Waals surface area contributed by atoms with Crippen molar-refractivity contribution in [3.63, 3.8) is 0 Å². The van der Waals surface area contributed by atoms with Crippen LogP contribution in [0.25, 0.3) is 0 Å². The van der Waals surface area contributed by atoms with E-state index in [-0.39, 0.29) is 5.54 Å². The molecular weight excluding hydrogens is 148 g/mol. The molecule has 0 spiro atoms. The maximum Gasteiger partial charge on any atom is 0.117 e. The van der Waals surface area contributed by atoms with Crippen LogP contribution in [0.5, 0.6) is 0 Å². The second-order valence-corrected chi connectivity index (χ2v) is 4.00. The molecule has 1 N–H and O–H groups in total. The monoisotopic (exact) mass is 166 g/mol. The van der Waals surface area contributed by atoms with Gasteiger partial charge in [0.25, 0.3) is 0 Å². The Bertz CT molecular complexity index is 213. The van der Waals surface area contributed by atoms with Gasteiger partial charge in [0.05, 0.1) is 0 Å². The van der Waals surface area contributed by atoms with E-state index in [4.69, 9.17) is 5.26 Å². The van der Waals surface area contributed by atoms with Gasteiger partial charge in [-0.25, -0.2) is 0 Å². The first-order chi connectivity index (χ1) is 5.40. The van der Waals surface area contributed by atoms with Gasteiger partial charge >= 0.3 is 0 Å². The molecule has 2 heteroatoms.